The van der Waals surface area contributed by atoms with Gasteiger partial charge in [0.1, 0.15) is 11.6 Å². The standard InChI is InChI=1S/C28H26F2N4O/c1-19-2-9-26-23(14-19)28(18-34(26)27(35)32-25-8-7-22(29)15-24(25)30)10-12-33(13-11-28)17-21-5-3-20(16-31)4-6-21/h2-9,14-15H,10-13,17-18H2,1H3,(H,32,35). The monoisotopic (exact) mass is 472 g/mol. The van der Waals surface area contributed by atoms with E-state index in [9.17, 15) is 13.6 Å². The van der Waals surface area contributed by atoms with Crippen LogP contribution in [0.15, 0.2) is 60.7 Å². The second-order valence-electron chi connectivity index (χ2n) is 9.53. The van der Waals surface area contributed by atoms with Gasteiger partial charge in [0.15, 0.2) is 0 Å². The molecule has 7 heteroatoms. The Labute approximate surface area is 203 Å². The molecule has 0 unspecified atom stereocenters. The molecule has 2 aliphatic heterocycles. The molecule has 35 heavy (non-hydrogen) atoms. The highest BCUT2D eigenvalue weighted by atomic mass is 19.1. The van der Waals surface area contributed by atoms with Gasteiger partial charge in [0.25, 0.3) is 0 Å². The van der Waals surface area contributed by atoms with E-state index in [2.05, 4.69) is 22.4 Å². The van der Waals surface area contributed by atoms with E-state index in [0.717, 1.165) is 61.4 Å². The van der Waals surface area contributed by atoms with Gasteiger partial charge in [-0.25, -0.2) is 13.6 Å². The Kier molecular flexibility index (Phi) is 6.00. The summed E-state index contributed by atoms with van der Waals surface area (Å²) in [6.07, 6.45) is 1.79. The van der Waals surface area contributed by atoms with Crippen LogP contribution in [0.2, 0.25) is 0 Å². The van der Waals surface area contributed by atoms with Crippen molar-refractivity contribution in [3.05, 3.63) is 94.6 Å². The van der Waals surface area contributed by atoms with Crippen molar-refractivity contribution < 1.29 is 13.6 Å². The van der Waals surface area contributed by atoms with Crippen LogP contribution >= 0.6 is 0 Å². The van der Waals surface area contributed by atoms with Crippen LogP contribution < -0.4 is 10.2 Å². The number of benzene rings is 3. The Morgan fingerprint density at radius 2 is 1.80 bits per heavy atom. The summed E-state index contributed by atoms with van der Waals surface area (Å²) in [6.45, 7) is 5.15. The Bertz CT molecular complexity index is 1310. The van der Waals surface area contributed by atoms with Gasteiger partial charge in [0, 0.05) is 30.3 Å². The first-order valence-corrected chi connectivity index (χ1v) is 11.7. The van der Waals surface area contributed by atoms with Gasteiger partial charge in [-0.2, -0.15) is 5.26 Å². The minimum Gasteiger partial charge on any atom is -0.305 e. The van der Waals surface area contributed by atoms with E-state index in [0.29, 0.717) is 12.1 Å². The smallest absolute Gasteiger partial charge is 0.305 e. The molecule has 5 nitrogen and oxygen atoms in total. The molecule has 2 amide bonds. The van der Waals surface area contributed by atoms with E-state index in [1.54, 1.807) is 4.90 Å². The summed E-state index contributed by atoms with van der Waals surface area (Å²) in [4.78, 5) is 17.3. The molecule has 1 fully saturated rings. The highest BCUT2D eigenvalue weighted by Gasteiger charge is 2.46. The number of hydrogen-bond donors (Lipinski definition) is 1. The van der Waals surface area contributed by atoms with Crippen molar-refractivity contribution in [2.24, 2.45) is 0 Å². The maximum Gasteiger partial charge on any atom is 0.326 e. The fourth-order valence-electron chi connectivity index (χ4n) is 5.25. The van der Waals surface area contributed by atoms with Crippen LogP contribution in [0.5, 0.6) is 0 Å². The molecule has 2 aliphatic rings. The number of halogens is 2. The van der Waals surface area contributed by atoms with Gasteiger partial charge in [-0.3, -0.25) is 9.80 Å². The minimum absolute atomic E-state index is 0.0387. The van der Waals surface area contributed by atoms with Crippen molar-refractivity contribution in [1.29, 1.82) is 5.26 Å². The third kappa shape index (κ3) is 4.50. The summed E-state index contributed by atoms with van der Waals surface area (Å²) in [6, 6.07) is 18.7. The van der Waals surface area contributed by atoms with E-state index in [1.165, 1.54) is 11.6 Å². The summed E-state index contributed by atoms with van der Waals surface area (Å²) in [7, 11) is 0. The number of nitrogens with zero attached hydrogens (tertiary/aromatic N) is 3. The summed E-state index contributed by atoms with van der Waals surface area (Å²) >= 11 is 0. The van der Waals surface area contributed by atoms with Crippen molar-refractivity contribution in [2.75, 3.05) is 29.9 Å². The number of hydrogen-bond acceptors (Lipinski definition) is 3. The van der Waals surface area contributed by atoms with Gasteiger partial charge in [-0.05, 0) is 74.3 Å². The molecule has 2 heterocycles. The van der Waals surface area contributed by atoms with Crippen LogP contribution in [-0.2, 0) is 12.0 Å². The SMILES string of the molecule is Cc1ccc2c(c1)C1(CCN(Cc3ccc(C#N)cc3)CC1)CN2C(=O)Nc1ccc(F)cc1F. The zero-order chi connectivity index (χ0) is 24.6. The van der Waals surface area contributed by atoms with Gasteiger partial charge in [0.05, 0.1) is 17.3 Å². The lowest BCUT2D eigenvalue weighted by Gasteiger charge is -2.40. The summed E-state index contributed by atoms with van der Waals surface area (Å²) < 4.78 is 27.4. The lowest BCUT2D eigenvalue weighted by molar-refractivity contribution is 0.160. The van der Waals surface area contributed by atoms with Crippen LogP contribution in [0.3, 0.4) is 0 Å². The largest absolute Gasteiger partial charge is 0.326 e. The molecule has 3 aromatic rings. The van der Waals surface area contributed by atoms with Gasteiger partial charge in [-0.1, -0.05) is 29.8 Å². The predicted molar refractivity (Wildman–Crippen MR) is 131 cm³/mol. The van der Waals surface area contributed by atoms with Crippen molar-refractivity contribution >= 4 is 17.4 Å². The first-order valence-electron chi connectivity index (χ1n) is 11.7. The van der Waals surface area contributed by atoms with E-state index in [1.807, 2.05) is 43.3 Å². The highest BCUT2D eigenvalue weighted by molar-refractivity contribution is 6.03. The molecule has 0 atom stereocenters. The maximum absolute atomic E-state index is 14.2. The van der Waals surface area contributed by atoms with Crippen LogP contribution in [-0.4, -0.2) is 30.6 Å². The van der Waals surface area contributed by atoms with Crippen molar-refractivity contribution in [1.82, 2.24) is 4.90 Å². The number of carbonyl (C=O) groups is 1. The number of anilines is 2. The molecule has 3 aromatic carbocycles. The van der Waals surface area contributed by atoms with Crippen LogP contribution in [0, 0.1) is 29.9 Å². The number of amides is 2. The van der Waals surface area contributed by atoms with E-state index < -0.39 is 17.7 Å². The molecular weight excluding hydrogens is 446 g/mol. The summed E-state index contributed by atoms with van der Waals surface area (Å²) in [5, 5.41) is 11.6. The van der Waals surface area contributed by atoms with E-state index in [-0.39, 0.29) is 11.1 Å². The van der Waals surface area contributed by atoms with Crippen molar-refractivity contribution in [2.45, 2.75) is 31.7 Å². The number of piperidine rings is 1. The van der Waals surface area contributed by atoms with Crippen LogP contribution in [0.4, 0.5) is 25.0 Å². The Balaban J connectivity index is 1.33. The van der Waals surface area contributed by atoms with Gasteiger partial charge >= 0.3 is 6.03 Å². The molecule has 0 aliphatic carbocycles. The second-order valence-corrected chi connectivity index (χ2v) is 9.53. The highest BCUT2D eigenvalue weighted by Crippen LogP contribution is 2.47. The van der Waals surface area contributed by atoms with E-state index >= 15 is 0 Å². The summed E-state index contributed by atoms with van der Waals surface area (Å²) in [5.74, 6) is -1.48. The number of nitrogens with one attached hydrogen (secondary N) is 1. The fourth-order valence-corrected chi connectivity index (χ4v) is 5.25. The topological polar surface area (TPSA) is 59.4 Å². The Hall–Kier alpha value is -3.76. The molecule has 1 saturated heterocycles. The average molecular weight is 473 g/mol. The zero-order valence-electron chi connectivity index (χ0n) is 19.5. The molecular formula is C28H26F2N4O. The minimum atomic E-state index is -0.799. The number of fused-ring (bicyclic) bond motifs is 2. The Morgan fingerprint density at radius 1 is 1.06 bits per heavy atom. The van der Waals surface area contributed by atoms with Crippen LogP contribution in [0.1, 0.15) is 35.1 Å². The Morgan fingerprint density at radius 3 is 2.49 bits per heavy atom. The number of urea groups is 1. The van der Waals surface area contributed by atoms with Crippen molar-refractivity contribution in [3.63, 3.8) is 0 Å². The maximum atomic E-state index is 14.2. The number of carbonyl (C=O) groups excluding carboxylic acids is 1. The third-order valence-corrected chi connectivity index (χ3v) is 7.20. The molecule has 178 valence electrons. The predicted octanol–water partition coefficient (Wildman–Crippen LogP) is 5.73. The number of rotatable bonds is 3. The van der Waals surface area contributed by atoms with Gasteiger partial charge in [-0.15, -0.1) is 0 Å². The van der Waals surface area contributed by atoms with E-state index in [4.69, 9.17) is 5.26 Å². The molecule has 1 N–H and O–H groups in total. The molecule has 1 spiro atoms. The lowest BCUT2D eigenvalue weighted by atomic mass is 9.74. The molecule has 0 radical (unpaired) electrons. The average Bonchev–Trinajstić information content (AvgIpc) is 3.16. The summed E-state index contributed by atoms with van der Waals surface area (Å²) in [5.41, 5.74) is 4.76. The van der Waals surface area contributed by atoms with Crippen molar-refractivity contribution in [3.8, 4) is 6.07 Å². The molecule has 0 bridgehead atoms. The third-order valence-electron chi connectivity index (χ3n) is 7.20. The number of likely N-dealkylation sites (tertiary alicyclic amines) is 1. The molecule has 0 aromatic heterocycles. The zero-order valence-corrected chi connectivity index (χ0v) is 19.5. The van der Waals surface area contributed by atoms with Gasteiger partial charge < -0.3 is 5.32 Å². The molecule has 0 saturated carbocycles. The van der Waals surface area contributed by atoms with Gasteiger partial charge in [0.2, 0.25) is 0 Å². The lowest BCUT2D eigenvalue weighted by Crippen LogP contribution is -2.46. The molecule has 5 rings (SSSR count). The fraction of sp³-hybridized carbons (Fsp3) is 0.286. The quantitative estimate of drug-likeness (QED) is 0.530. The normalized spacial score (nSPS) is 16.7. The second kappa shape index (κ2) is 9.12. The first-order chi connectivity index (χ1) is 16.9. The number of aryl methyl sites for hydroxylation is 1. The van der Waals surface area contributed by atoms with Crippen LogP contribution in [0.25, 0.3) is 0 Å². The first kappa shape index (κ1) is 23.0. The number of nitriles is 1.